The SMILES string of the molecule is CCOC(=O)Cn1c(CCCCCNC(=O)Cc2ccc(OC)cc2)nc2ccccc21. The van der Waals surface area contributed by atoms with Crippen molar-refractivity contribution in [3.63, 3.8) is 0 Å². The molecule has 0 aliphatic carbocycles. The number of carbonyl (C=O) groups excluding carboxylic acids is 2. The van der Waals surface area contributed by atoms with Gasteiger partial charge in [0.05, 0.1) is 31.2 Å². The highest BCUT2D eigenvalue weighted by molar-refractivity contribution is 5.79. The Balaban J connectivity index is 1.43. The van der Waals surface area contributed by atoms with Gasteiger partial charge in [0.1, 0.15) is 18.1 Å². The molecule has 1 heterocycles. The first-order valence-electron chi connectivity index (χ1n) is 11.1. The number of fused-ring (bicyclic) bond motifs is 1. The molecule has 7 heteroatoms. The van der Waals surface area contributed by atoms with E-state index < -0.39 is 0 Å². The molecule has 0 spiro atoms. The molecule has 1 aromatic heterocycles. The molecule has 0 unspecified atom stereocenters. The molecule has 0 bridgehead atoms. The average Bonchev–Trinajstić information content (AvgIpc) is 3.14. The van der Waals surface area contributed by atoms with E-state index in [2.05, 4.69) is 5.32 Å². The second-order valence-electron chi connectivity index (χ2n) is 7.59. The molecule has 1 N–H and O–H groups in total. The summed E-state index contributed by atoms with van der Waals surface area (Å²) in [6, 6.07) is 15.4. The van der Waals surface area contributed by atoms with Gasteiger partial charge in [-0.15, -0.1) is 0 Å². The number of aryl methyl sites for hydroxylation is 1. The zero-order valence-corrected chi connectivity index (χ0v) is 18.8. The number of unbranched alkanes of at least 4 members (excludes halogenated alkanes) is 2. The van der Waals surface area contributed by atoms with Crippen LogP contribution in [0.1, 0.15) is 37.6 Å². The molecule has 0 fully saturated rings. The van der Waals surface area contributed by atoms with Crippen molar-refractivity contribution >= 4 is 22.9 Å². The number of ether oxygens (including phenoxy) is 2. The Kier molecular flexibility index (Phi) is 8.66. The maximum absolute atomic E-state index is 12.1. The van der Waals surface area contributed by atoms with E-state index in [-0.39, 0.29) is 18.4 Å². The van der Waals surface area contributed by atoms with Crippen LogP contribution in [-0.2, 0) is 33.7 Å². The van der Waals surface area contributed by atoms with Gasteiger partial charge in [-0.25, -0.2) is 4.98 Å². The Bertz CT molecular complexity index is 1030. The molecule has 0 atom stereocenters. The third-order valence-electron chi connectivity index (χ3n) is 5.25. The fourth-order valence-electron chi connectivity index (χ4n) is 3.63. The van der Waals surface area contributed by atoms with Crippen molar-refractivity contribution in [3.8, 4) is 5.75 Å². The van der Waals surface area contributed by atoms with E-state index in [1.165, 1.54) is 0 Å². The highest BCUT2D eigenvalue weighted by Gasteiger charge is 2.14. The van der Waals surface area contributed by atoms with Gasteiger partial charge in [-0.05, 0) is 49.6 Å². The minimum Gasteiger partial charge on any atom is -0.497 e. The van der Waals surface area contributed by atoms with Crippen molar-refractivity contribution in [3.05, 3.63) is 59.9 Å². The number of hydrogen-bond acceptors (Lipinski definition) is 5. The van der Waals surface area contributed by atoms with E-state index in [9.17, 15) is 9.59 Å². The van der Waals surface area contributed by atoms with Crippen molar-refractivity contribution in [2.45, 2.75) is 45.6 Å². The fourth-order valence-corrected chi connectivity index (χ4v) is 3.63. The summed E-state index contributed by atoms with van der Waals surface area (Å²) in [4.78, 5) is 28.9. The van der Waals surface area contributed by atoms with E-state index in [0.29, 0.717) is 19.6 Å². The predicted octanol–water partition coefficient (Wildman–Crippen LogP) is 3.68. The lowest BCUT2D eigenvalue weighted by atomic mass is 10.1. The monoisotopic (exact) mass is 437 g/mol. The first-order chi connectivity index (χ1) is 15.6. The summed E-state index contributed by atoms with van der Waals surface area (Å²) >= 11 is 0. The van der Waals surface area contributed by atoms with Gasteiger partial charge in [0, 0.05) is 13.0 Å². The van der Waals surface area contributed by atoms with Gasteiger partial charge in [-0.1, -0.05) is 30.7 Å². The Morgan fingerprint density at radius 1 is 1.03 bits per heavy atom. The van der Waals surface area contributed by atoms with E-state index in [0.717, 1.165) is 53.9 Å². The van der Waals surface area contributed by atoms with Crippen LogP contribution in [0.15, 0.2) is 48.5 Å². The van der Waals surface area contributed by atoms with Crippen LogP contribution in [0.2, 0.25) is 0 Å². The van der Waals surface area contributed by atoms with E-state index in [4.69, 9.17) is 14.5 Å². The normalized spacial score (nSPS) is 10.8. The van der Waals surface area contributed by atoms with Crippen LogP contribution in [0.4, 0.5) is 0 Å². The lowest BCUT2D eigenvalue weighted by Gasteiger charge is -2.09. The summed E-state index contributed by atoms with van der Waals surface area (Å²) in [7, 11) is 1.62. The molecular formula is C25H31N3O4. The standard InChI is InChI=1S/C25H31N3O4/c1-3-32-25(30)18-28-22-10-7-6-9-21(22)27-23(28)11-5-4-8-16-26-24(29)17-19-12-14-20(31-2)15-13-19/h6-7,9-10,12-15H,3-5,8,11,16-18H2,1-2H3,(H,26,29). The molecule has 3 aromatic rings. The van der Waals surface area contributed by atoms with Crippen LogP contribution in [0.25, 0.3) is 11.0 Å². The number of nitrogens with one attached hydrogen (secondary N) is 1. The molecule has 3 rings (SSSR count). The van der Waals surface area contributed by atoms with Crippen molar-refractivity contribution in [2.24, 2.45) is 0 Å². The average molecular weight is 438 g/mol. The number of para-hydroxylation sites is 2. The van der Waals surface area contributed by atoms with Gasteiger partial charge in [0.15, 0.2) is 0 Å². The summed E-state index contributed by atoms with van der Waals surface area (Å²) in [5.74, 6) is 1.44. The Morgan fingerprint density at radius 2 is 1.81 bits per heavy atom. The molecule has 32 heavy (non-hydrogen) atoms. The number of carbonyl (C=O) groups is 2. The van der Waals surface area contributed by atoms with Gasteiger partial charge in [-0.2, -0.15) is 0 Å². The van der Waals surface area contributed by atoms with Crippen molar-refractivity contribution in [1.29, 1.82) is 0 Å². The van der Waals surface area contributed by atoms with Crippen molar-refractivity contribution < 1.29 is 19.1 Å². The molecule has 0 saturated carbocycles. The summed E-state index contributed by atoms with van der Waals surface area (Å²) in [6.07, 6.45) is 3.92. The van der Waals surface area contributed by atoms with E-state index in [1.807, 2.05) is 53.1 Å². The second kappa shape index (κ2) is 11.9. The van der Waals surface area contributed by atoms with Gasteiger partial charge in [0.25, 0.3) is 0 Å². The molecule has 170 valence electrons. The topological polar surface area (TPSA) is 82.5 Å². The van der Waals surface area contributed by atoms with Gasteiger partial charge < -0.3 is 19.4 Å². The first-order valence-corrected chi connectivity index (χ1v) is 11.1. The number of amides is 1. The summed E-state index contributed by atoms with van der Waals surface area (Å²) in [6.45, 7) is 2.99. The molecular weight excluding hydrogens is 406 g/mol. The van der Waals surface area contributed by atoms with Crippen LogP contribution in [0, 0.1) is 0 Å². The minimum atomic E-state index is -0.253. The Labute approximate surface area is 188 Å². The number of aromatic nitrogens is 2. The fraction of sp³-hybridized carbons (Fsp3) is 0.400. The summed E-state index contributed by atoms with van der Waals surface area (Å²) < 4.78 is 12.2. The van der Waals surface area contributed by atoms with Gasteiger partial charge in [0.2, 0.25) is 5.91 Å². The zero-order valence-electron chi connectivity index (χ0n) is 18.8. The Morgan fingerprint density at radius 3 is 2.56 bits per heavy atom. The third-order valence-corrected chi connectivity index (χ3v) is 5.25. The lowest BCUT2D eigenvalue weighted by molar-refractivity contribution is -0.143. The number of nitrogens with zero attached hydrogens (tertiary/aromatic N) is 2. The van der Waals surface area contributed by atoms with E-state index in [1.54, 1.807) is 14.0 Å². The molecule has 2 aromatic carbocycles. The third kappa shape index (κ3) is 6.57. The smallest absolute Gasteiger partial charge is 0.326 e. The highest BCUT2D eigenvalue weighted by atomic mass is 16.5. The molecule has 1 amide bonds. The predicted molar refractivity (Wildman–Crippen MR) is 124 cm³/mol. The number of benzene rings is 2. The first kappa shape index (κ1) is 23.3. The molecule has 0 saturated heterocycles. The largest absolute Gasteiger partial charge is 0.497 e. The number of rotatable bonds is 12. The van der Waals surface area contributed by atoms with Crippen molar-refractivity contribution in [2.75, 3.05) is 20.3 Å². The van der Waals surface area contributed by atoms with Crippen LogP contribution < -0.4 is 10.1 Å². The van der Waals surface area contributed by atoms with Crippen molar-refractivity contribution in [1.82, 2.24) is 14.9 Å². The molecule has 7 nitrogen and oxygen atoms in total. The number of imidazole rings is 1. The zero-order chi connectivity index (χ0) is 22.8. The number of methoxy groups -OCH3 is 1. The van der Waals surface area contributed by atoms with Crippen LogP contribution in [-0.4, -0.2) is 41.7 Å². The number of hydrogen-bond donors (Lipinski definition) is 1. The van der Waals surface area contributed by atoms with Crippen LogP contribution in [0.3, 0.4) is 0 Å². The maximum Gasteiger partial charge on any atom is 0.326 e. The van der Waals surface area contributed by atoms with Gasteiger partial charge in [-0.3, -0.25) is 9.59 Å². The lowest BCUT2D eigenvalue weighted by Crippen LogP contribution is -2.26. The second-order valence-corrected chi connectivity index (χ2v) is 7.59. The number of esters is 1. The highest BCUT2D eigenvalue weighted by Crippen LogP contribution is 2.18. The minimum absolute atomic E-state index is 0.0198. The maximum atomic E-state index is 12.1. The van der Waals surface area contributed by atoms with E-state index >= 15 is 0 Å². The van der Waals surface area contributed by atoms with Crippen LogP contribution >= 0.6 is 0 Å². The van der Waals surface area contributed by atoms with Gasteiger partial charge >= 0.3 is 5.97 Å². The van der Waals surface area contributed by atoms with Crippen LogP contribution in [0.5, 0.6) is 5.75 Å². The quantitative estimate of drug-likeness (QED) is 0.345. The molecule has 0 radical (unpaired) electrons. The molecule has 0 aliphatic heterocycles. The Hall–Kier alpha value is -3.35. The summed E-state index contributed by atoms with van der Waals surface area (Å²) in [5, 5.41) is 2.98. The summed E-state index contributed by atoms with van der Waals surface area (Å²) in [5.41, 5.74) is 2.79. The molecule has 0 aliphatic rings.